The van der Waals surface area contributed by atoms with Crippen molar-refractivity contribution in [2.45, 2.75) is 24.4 Å². The Bertz CT molecular complexity index is 2040. The van der Waals surface area contributed by atoms with Gasteiger partial charge in [0.1, 0.15) is 0 Å². The normalized spacial score (nSPS) is 11.6. The molecule has 2 aromatic heterocycles. The Morgan fingerprint density at radius 1 is 0.297 bits per heavy atom. The summed E-state index contributed by atoms with van der Waals surface area (Å²) in [6.07, 6.45) is -0.471. The van der Waals surface area contributed by atoms with Gasteiger partial charge in [0.05, 0.1) is 22.3 Å². The lowest BCUT2D eigenvalue weighted by Crippen LogP contribution is -2.51. The number of esters is 4. The maximum Gasteiger partial charge on any atom is 0.339 e. The topological polar surface area (TPSA) is 303 Å². The SMILES string of the molecule is NC(=O)[C@H](OC(=O)c1ccccc1)[C@@H](OC(=O)c1ccccc1)C(N)=O.NC(=O)[C@H](OC(=O)c1ccccc1)[C@@H](OC(=O)c1ccccc1)C(N)=O.c1ccncc1.c1ccncc1. The predicted octanol–water partition coefficient (Wildman–Crippen LogP) is 2.98. The Kier molecular flexibility index (Phi) is 20.7. The summed E-state index contributed by atoms with van der Waals surface area (Å²) in [4.78, 5) is 103. The summed E-state index contributed by atoms with van der Waals surface area (Å²) in [6.45, 7) is 0. The van der Waals surface area contributed by atoms with E-state index < -0.39 is 71.9 Å². The van der Waals surface area contributed by atoms with Gasteiger partial charge in [-0.05, 0) is 72.8 Å². The standard InChI is InChI=1S/2C18H16N2O6.2C5H5N/c2*19-15(21)13(25-17(23)11-7-3-1-4-8-11)14(16(20)22)26-18(24)12-9-5-2-6-10-12;2*1-2-4-6-5-3-1/h2*1-10,13-14H,(H2,19,21)(H2,20,22);2*1-5H/t2*13-,14-;;/m11../s1. The maximum absolute atomic E-state index is 12.1. The van der Waals surface area contributed by atoms with Crippen LogP contribution in [0.3, 0.4) is 0 Å². The van der Waals surface area contributed by atoms with Crippen molar-refractivity contribution in [3.63, 3.8) is 0 Å². The molecule has 0 fully saturated rings. The molecular weight excluding hydrogens is 829 g/mol. The minimum absolute atomic E-state index is 0.122. The van der Waals surface area contributed by atoms with Crippen molar-refractivity contribution in [2.24, 2.45) is 22.9 Å². The molecule has 0 aliphatic carbocycles. The molecule has 4 atom stereocenters. The van der Waals surface area contributed by atoms with E-state index in [0.717, 1.165) is 0 Å². The van der Waals surface area contributed by atoms with Crippen molar-refractivity contribution in [1.82, 2.24) is 9.97 Å². The van der Waals surface area contributed by atoms with E-state index in [9.17, 15) is 38.4 Å². The molecular formula is C46H42N6O12. The van der Waals surface area contributed by atoms with Crippen molar-refractivity contribution in [2.75, 3.05) is 0 Å². The highest BCUT2D eigenvalue weighted by molar-refractivity contribution is 5.98. The van der Waals surface area contributed by atoms with Gasteiger partial charge in [0.15, 0.2) is 0 Å². The first-order valence-corrected chi connectivity index (χ1v) is 18.7. The predicted molar refractivity (Wildman–Crippen MR) is 228 cm³/mol. The number of benzene rings is 4. The number of carbonyl (C=O) groups is 8. The fraction of sp³-hybridized carbons (Fsp3) is 0.0870. The van der Waals surface area contributed by atoms with Crippen LogP contribution in [0.15, 0.2) is 183 Å². The number of aromatic nitrogens is 2. The molecule has 6 aromatic rings. The van der Waals surface area contributed by atoms with Crippen molar-refractivity contribution >= 4 is 47.5 Å². The summed E-state index contributed by atoms with van der Waals surface area (Å²) in [6, 6.07) is 42.3. The molecule has 328 valence electrons. The van der Waals surface area contributed by atoms with Gasteiger partial charge in [-0.1, -0.05) is 84.9 Å². The van der Waals surface area contributed by atoms with E-state index in [2.05, 4.69) is 9.97 Å². The fourth-order valence-electron chi connectivity index (χ4n) is 4.73. The second-order valence-electron chi connectivity index (χ2n) is 12.4. The molecule has 18 heteroatoms. The molecule has 18 nitrogen and oxygen atoms in total. The molecule has 64 heavy (non-hydrogen) atoms. The first-order chi connectivity index (χ1) is 30.8. The lowest BCUT2D eigenvalue weighted by atomic mass is 10.1. The number of pyridine rings is 2. The van der Waals surface area contributed by atoms with Gasteiger partial charge in [0, 0.05) is 24.8 Å². The van der Waals surface area contributed by atoms with E-state index in [0.29, 0.717) is 0 Å². The summed E-state index contributed by atoms with van der Waals surface area (Å²) in [7, 11) is 0. The Labute approximate surface area is 366 Å². The third kappa shape index (κ3) is 17.3. The monoisotopic (exact) mass is 870 g/mol. The van der Waals surface area contributed by atoms with Gasteiger partial charge < -0.3 is 41.9 Å². The molecule has 0 bridgehead atoms. The molecule has 6 rings (SSSR count). The Morgan fingerprint density at radius 3 is 0.594 bits per heavy atom. The van der Waals surface area contributed by atoms with Gasteiger partial charge in [-0.15, -0.1) is 0 Å². The minimum atomic E-state index is -1.87. The molecule has 8 N–H and O–H groups in total. The number of nitrogens with zero attached hydrogens (tertiary/aromatic N) is 2. The summed E-state index contributed by atoms with van der Waals surface area (Å²) in [5.41, 5.74) is 21.3. The molecule has 0 saturated carbocycles. The number of rotatable bonds is 14. The zero-order valence-electron chi connectivity index (χ0n) is 33.7. The van der Waals surface area contributed by atoms with Crippen molar-refractivity contribution < 1.29 is 57.3 Å². The maximum atomic E-state index is 12.1. The van der Waals surface area contributed by atoms with Crippen LogP contribution >= 0.6 is 0 Å². The largest absolute Gasteiger partial charge is 0.444 e. The second-order valence-corrected chi connectivity index (χ2v) is 12.4. The van der Waals surface area contributed by atoms with Crippen molar-refractivity contribution in [3.05, 3.63) is 205 Å². The zero-order chi connectivity index (χ0) is 46.7. The lowest BCUT2D eigenvalue weighted by Gasteiger charge is -2.22. The average molecular weight is 871 g/mol. The van der Waals surface area contributed by atoms with Gasteiger partial charge >= 0.3 is 23.9 Å². The van der Waals surface area contributed by atoms with Crippen LogP contribution < -0.4 is 22.9 Å². The smallest absolute Gasteiger partial charge is 0.339 e. The Hall–Kier alpha value is -9.06. The zero-order valence-corrected chi connectivity index (χ0v) is 33.7. The van der Waals surface area contributed by atoms with Crippen molar-refractivity contribution in [3.8, 4) is 0 Å². The van der Waals surface area contributed by atoms with Crippen LogP contribution in [0.2, 0.25) is 0 Å². The van der Waals surface area contributed by atoms with E-state index in [4.69, 9.17) is 41.9 Å². The summed E-state index contributed by atoms with van der Waals surface area (Å²) >= 11 is 0. The summed E-state index contributed by atoms with van der Waals surface area (Å²) < 4.78 is 19.9. The molecule has 4 amide bonds. The van der Waals surface area contributed by atoms with Crippen LogP contribution in [-0.4, -0.2) is 81.9 Å². The van der Waals surface area contributed by atoms with Crippen LogP contribution in [0, 0.1) is 0 Å². The number of primary amides is 4. The van der Waals surface area contributed by atoms with E-state index in [1.165, 1.54) is 48.5 Å². The van der Waals surface area contributed by atoms with Gasteiger partial charge in [-0.3, -0.25) is 29.1 Å². The number of hydrogen-bond acceptors (Lipinski definition) is 14. The van der Waals surface area contributed by atoms with E-state index >= 15 is 0 Å². The van der Waals surface area contributed by atoms with Crippen LogP contribution in [-0.2, 0) is 38.1 Å². The van der Waals surface area contributed by atoms with Gasteiger partial charge in [-0.2, -0.15) is 0 Å². The Balaban J connectivity index is 0.000000269. The van der Waals surface area contributed by atoms with Crippen LogP contribution in [0.1, 0.15) is 41.4 Å². The number of amides is 4. The second kappa shape index (κ2) is 26.9. The van der Waals surface area contributed by atoms with Crippen LogP contribution in [0.5, 0.6) is 0 Å². The summed E-state index contributed by atoms with van der Waals surface area (Å²) in [5, 5.41) is 0. The third-order valence-electron chi connectivity index (χ3n) is 7.78. The number of hydrogen-bond donors (Lipinski definition) is 4. The van der Waals surface area contributed by atoms with Gasteiger partial charge in [0.25, 0.3) is 23.6 Å². The molecule has 0 spiro atoms. The van der Waals surface area contributed by atoms with E-state index in [-0.39, 0.29) is 22.3 Å². The highest BCUT2D eigenvalue weighted by Crippen LogP contribution is 2.14. The van der Waals surface area contributed by atoms with Crippen molar-refractivity contribution in [1.29, 1.82) is 0 Å². The Morgan fingerprint density at radius 2 is 0.469 bits per heavy atom. The first-order valence-electron chi connectivity index (χ1n) is 18.7. The number of carbonyl (C=O) groups excluding carboxylic acids is 8. The first kappa shape index (κ1) is 49.3. The third-order valence-corrected chi connectivity index (χ3v) is 7.78. The van der Waals surface area contributed by atoms with Crippen LogP contribution in [0.4, 0.5) is 0 Å². The highest BCUT2D eigenvalue weighted by Gasteiger charge is 2.39. The molecule has 0 aliphatic rings. The van der Waals surface area contributed by atoms with Gasteiger partial charge in [-0.25, -0.2) is 19.2 Å². The lowest BCUT2D eigenvalue weighted by molar-refractivity contribution is -0.143. The average Bonchev–Trinajstić information content (AvgIpc) is 3.33. The number of nitrogens with two attached hydrogens (primary N) is 4. The molecule has 4 aromatic carbocycles. The quantitative estimate of drug-likeness (QED) is 0.0904. The van der Waals surface area contributed by atoms with Gasteiger partial charge in [0.2, 0.25) is 24.4 Å². The van der Waals surface area contributed by atoms with E-state index in [1.54, 1.807) is 97.6 Å². The summed E-state index contributed by atoms with van der Waals surface area (Å²) in [5.74, 6) is -8.41. The van der Waals surface area contributed by atoms with Crippen LogP contribution in [0.25, 0.3) is 0 Å². The minimum Gasteiger partial charge on any atom is -0.444 e. The highest BCUT2D eigenvalue weighted by atomic mass is 16.6. The molecule has 0 aliphatic heterocycles. The number of ether oxygens (including phenoxy) is 4. The molecule has 0 saturated heterocycles. The molecule has 2 heterocycles. The van der Waals surface area contributed by atoms with E-state index in [1.807, 2.05) is 36.4 Å². The fourth-order valence-corrected chi connectivity index (χ4v) is 4.73. The molecule has 0 unspecified atom stereocenters. The molecule has 0 radical (unpaired) electrons.